The zero-order valence-corrected chi connectivity index (χ0v) is 16.4. The van der Waals surface area contributed by atoms with Gasteiger partial charge in [0.15, 0.2) is 0 Å². The fourth-order valence-corrected chi connectivity index (χ4v) is 3.71. The van der Waals surface area contributed by atoms with E-state index in [0.717, 1.165) is 36.6 Å². The number of nitro groups is 1. The van der Waals surface area contributed by atoms with Crippen LogP contribution in [0.15, 0.2) is 48.5 Å². The summed E-state index contributed by atoms with van der Waals surface area (Å²) in [5.74, 6) is -1.31. The van der Waals surface area contributed by atoms with Crippen molar-refractivity contribution in [3.05, 3.63) is 58.6 Å². The van der Waals surface area contributed by atoms with Crippen LogP contribution in [0.3, 0.4) is 0 Å². The van der Waals surface area contributed by atoms with E-state index in [1.807, 2.05) is 0 Å². The van der Waals surface area contributed by atoms with Crippen LogP contribution in [0.5, 0.6) is 5.75 Å². The maximum Gasteiger partial charge on any atom is 0.573 e. The first-order valence-corrected chi connectivity index (χ1v) is 10.0. The van der Waals surface area contributed by atoms with Crippen molar-refractivity contribution in [1.82, 2.24) is 0 Å². The quantitative estimate of drug-likeness (QED) is 0.514. The molecule has 2 aromatic carbocycles. The van der Waals surface area contributed by atoms with Gasteiger partial charge in [0.2, 0.25) is 15.9 Å². The minimum Gasteiger partial charge on any atom is -0.406 e. The van der Waals surface area contributed by atoms with Crippen molar-refractivity contribution >= 4 is 33.0 Å². The molecular weight excluding hydrogens is 431 g/mol. The zero-order chi connectivity index (χ0) is 22.7. The number of sulfonamides is 1. The van der Waals surface area contributed by atoms with Gasteiger partial charge in [-0.1, -0.05) is 6.07 Å². The van der Waals surface area contributed by atoms with E-state index in [4.69, 9.17) is 0 Å². The number of non-ortho nitro benzene ring substituents is 1. The minimum atomic E-state index is -4.87. The lowest BCUT2D eigenvalue weighted by atomic mass is 10.2. The number of nitro benzene ring substituents is 1. The molecule has 0 fully saturated rings. The largest absolute Gasteiger partial charge is 0.573 e. The van der Waals surface area contributed by atoms with Crippen molar-refractivity contribution in [2.24, 2.45) is 0 Å². The second-order valence-corrected chi connectivity index (χ2v) is 7.93. The highest BCUT2D eigenvalue weighted by Gasteiger charge is 2.32. The zero-order valence-electron chi connectivity index (χ0n) is 15.6. The molecular formula is C17H16F3N3O6S. The van der Waals surface area contributed by atoms with Gasteiger partial charge in [-0.3, -0.25) is 19.2 Å². The van der Waals surface area contributed by atoms with Crippen molar-refractivity contribution in [1.29, 1.82) is 0 Å². The minimum absolute atomic E-state index is 0.0915. The average Bonchev–Trinajstić information content (AvgIpc) is 2.61. The van der Waals surface area contributed by atoms with Gasteiger partial charge in [0.1, 0.15) is 11.8 Å². The Morgan fingerprint density at radius 3 is 2.30 bits per heavy atom. The highest BCUT2D eigenvalue weighted by molar-refractivity contribution is 7.92. The summed E-state index contributed by atoms with van der Waals surface area (Å²) in [7, 11) is -4.02. The van der Waals surface area contributed by atoms with Gasteiger partial charge < -0.3 is 10.1 Å². The molecule has 0 saturated carbocycles. The Hall–Kier alpha value is -3.35. The Morgan fingerprint density at radius 2 is 1.80 bits per heavy atom. The van der Waals surface area contributed by atoms with Gasteiger partial charge in [0, 0.05) is 17.8 Å². The molecule has 1 N–H and O–H groups in total. The van der Waals surface area contributed by atoms with Crippen LogP contribution < -0.4 is 14.4 Å². The Balaban J connectivity index is 2.24. The highest BCUT2D eigenvalue weighted by atomic mass is 32.2. The number of ether oxygens (including phenoxy) is 1. The smallest absolute Gasteiger partial charge is 0.406 e. The third-order valence-corrected chi connectivity index (χ3v) is 4.98. The molecule has 1 amide bonds. The summed E-state index contributed by atoms with van der Waals surface area (Å²) in [6.07, 6.45) is -4.04. The lowest BCUT2D eigenvalue weighted by molar-refractivity contribution is -0.384. The molecule has 0 radical (unpaired) electrons. The third kappa shape index (κ3) is 6.07. The summed E-state index contributed by atoms with van der Waals surface area (Å²) < 4.78 is 65.5. The molecule has 9 nitrogen and oxygen atoms in total. The molecule has 0 saturated heterocycles. The molecule has 0 aliphatic rings. The number of hydrogen-bond donors (Lipinski definition) is 1. The topological polar surface area (TPSA) is 119 Å². The number of anilines is 2. The Labute approximate surface area is 169 Å². The van der Waals surface area contributed by atoms with Crippen molar-refractivity contribution < 1.29 is 36.0 Å². The van der Waals surface area contributed by atoms with Gasteiger partial charge in [-0.2, -0.15) is 0 Å². The standard InChI is InChI=1S/C17H16F3N3O6S/c1-11(16(24)21-12-6-8-15(9-7-12)29-17(18,19)20)22(30(2,27)28)13-4-3-5-14(10-13)23(25)26/h3-11H,1-2H3,(H,21,24)/t11-/m0/s1. The molecule has 13 heteroatoms. The molecule has 0 aliphatic carbocycles. The number of alkyl halides is 3. The third-order valence-electron chi connectivity index (χ3n) is 3.74. The van der Waals surface area contributed by atoms with Crippen molar-refractivity contribution in [3.8, 4) is 5.75 Å². The maximum atomic E-state index is 12.5. The normalized spacial score (nSPS) is 12.7. The van der Waals surface area contributed by atoms with Crippen LogP contribution >= 0.6 is 0 Å². The molecule has 0 unspecified atom stereocenters. The number of carbonyl (C=O) groups is 1. The number of benzene rings is 2. The lowest BCUT2D eigenvalue weighted by Crippen LogP contribution is -2.45. The van der Waals surface area contributed by atoms with Gasteiger partial charge in [-0.05, 0) is 37.3 Å². The summed E-state index contributed by atoms with van der Waals surface area (Å²) >= 11 is 0. The fourth-order valence-electron chi connectivity index (χ4n) is 2.54. The van der Waals surface area contributed by atoms with E-state index in [9.17, 15) is 36.5 Å². The van der Waals surface area contributed by atoms with Crippen LogP contribution in [-0.4, -0.2) is 37.9 Å². The predicted molar refractivity (Wildman–Crippen MR) is 102 cm³/mol. The van der Waals surface area contributed by atoms with E-state index in [-0.39, 0.29) is 17.1 Å². The summed E-state index contributed by atoms with van der Waals surface area (Å²) in [6.45, 7) is 1.26. The number of halogens is 3. The number of rotatable bonds is 7. The fraction of sp³-hybridized carbons (Fsp3) is 0.235. The number of hydrogen-bond acceptors (Lipinski definition) is 6. The van der Waals surface area contributed by atoms with E-state index in [0.29, 0.717) is 4.31 Å². The van der Waals surface area contributed by atoms with E-state index in [1.165, 1.54) is 25.1 Å². The first-order valence-electron chi connectivity index (χ1n) is 8.18. The number of amides is 1. The predicted octanol–water partition coefficient (Wildman–Crippen LogP) is 3.29. The van der Waals surface area contributed by atoms with Crippen LogP contribution in [0.2, 0.25) is 0 Å². The van der Waals surface area contributed by atoms with Crippen LogP contribution in [0.1, 0.15) is 6.92 Å². The molecule has 162 valence electrons. The van der Waals surface area contributed by atoms with E-state index < -0.39 is 39.0 Å². The number of nitrogens with zero attached hydrogens (tertiary/aromatic N) is 2. The maximum absolute atomic E-state index is 12.5. The van der Waals surface area contributed by atoms with Gasteiger partial charge in [-0.15, -0.1) is 13.2 Å². The summed E-state index contributed by atoms with van der Waals surface area (Å²) in [4.78, 5) is 22.8. The van der Waals surface area contributed by atoms with Crippen LogP contribution in [0, 0.1) is 10.1 Å². The average molecular weight is 447 g/mol. The first kappa shape index (κ1) is 22.9. The highest BCUT2D eigenvalue weighted by Crippen LogP contribution is 2.27. The molecule has 0 heterocycles. The van der Waals surface area contributed by atoms with Crippen LogP contribution in [-0.2, 0) is 14.8 Å². The molecule has 0 aliphatic heterocycles. The van der Waals surface area contributed by atoms with Crippen LogP contribution in [0.25, 0.3) is 0 Å². The number of nitrogens with one attached hydrogen (secondary N) is 1. The molecule has 30 heavy (non-hydrogen) atoms. The summed E-state index contributed by atoms with van der Waals surface area (Å²) in [5, 5.41) is 13.3. The van der Waals surface area contributed by atoms with Crippen molar-refractivity contribution in [2.45, 2.75) is 19.3 Å². The van der Waals surface area contributed by atoms with Crippen molar-refractivity contribution in [3.63, 3.8) is 0 Å². The molecule has 0 bridgehead atoms. The van der Waals surface area contributed by atoms with Gasteiger partial charge in [0.25, 0.3) is 5.69 Å². The Kier molecular flexibility index (Phi) is 6.55. The molecule has 0 spiro atoms. The Bertz CT molecular complexity index is 1040. The lowest BCUT2D eigenvalue weighted by Gasteiger charge is -2.28. The van der Waals surface area contributed by atoms with Crippen molar-refractivity contribution in [2.75, 3.05) is 15.9 Å². The van der Waals surface area contributed by atoms with E-state index in [2.05, 4.69) is 10.1 Å². The van der Waals surface area contributed by atoms with E-state index in [1.54, 1.807) is 0 Å². The van der Waals surface area contributed by atoms with Gasteiger partial charge in [-0.25, -0.2) is 8.42 Å². The SMILES string of the molecule is C[C@@H](C(=O)Nc1ccc(OC(F)(F)F)cc1)N(c1cccc([N+](=O)[O-])c1)S(C)(=O)=O. The number of carbonyl (C=O) groups excluding carboxylic acids is 1. The van der Waals surface area contributed by atoms with Crippen LogP contribution in [0.4, 0.5) is 30.2 Å². The summed E-state index contributed by atoms with van der Waals surface area (Å²) in [5.41, 5.74) is -0.369. The molecule has 0 aromatic heterocycles. The molecule has 1 atom stereocenters. The Morgan fingerprint density at radius 1 is 1.20 bits per heavy atom. The molecule has 2 rings (SSSR count). The van der Waals surface area contributed by atoms with Gasteiger partial charge in [0.05, 0.1) is 16.9 Å². The summed E-state index contributed by atoms with van der Waals surface area (Å²) in [6, 6.07) is 7.65. The monoisotopic (exact) mass is 447 g/mol. The van der Waals surface area contributed by atoms with E-state index >= 15 is 0 Å². The second-order valence-electron chi connectivity index (χ2n) is 6.07. The van der Waals surface area contributed by atoms with Gasteiger partial charge >= 0.3 is 6.36 Å². The molecule has 2 aromatic rings. The first-order chi connectivity index (χ1) is 13.8. The second kappa shape index (κ2) is 8.57.